The first kappa shape index (κ1) is 16.1. The van der Waals surface area contributed by atoms with Crippen molar-refractivity contribution in [3.63, 3.8) is 0 Å². The molecule has 0 aliphatic carbocycles. The molecule has 0 atom stereocenters. The minimum absolute atomic E-state index is 0. The van der Waals surface area contributed by atoms with Gasteiger partial charge in [0.05, 0.1) is 0 Å². The van der Waals surface area contributed by atoms with Gasteiger partial charge in [-0.2, -0.15) is 0 Å². The molecule has 13 heavy (non-hydrogen) atoms. The predicted octanol–water partition coefficient (Wildman–Crippen LogP) is -0.0862. The van der Waals surface area contributed by atoms with Crippen LogP contribution in [0.3, 0.4) is 0 Å². The molecule has 0 heterocycles. The predicted molar refractivity (Wildman–Crippen MR) is 51.3 cm³/mol. The SMILES string of the molecule is CC.CC(C)c1ccccc1[O-].[K+]. The van der Waals surface area contributed by atoms with Crippen LogP contribution in [0.2, 0.25) is 0 Å². The van der Waals surface area contributed by atoms with E-state index in [1.165, 1.54) is 0 Å². The molecule has 0 unspecified atom stereocenters. The molecule has 0 amide bonds. The zero-order chi connectivity index (χ0) is 9.56. The van der Waals surface area contributed by atoms with E-state index < -0.39 is 0 Å². The normalized spacial score (nSPS) is 8.38. The summed E-state index contributed by atoms with van der Waals surface area (Å²) < 4.78 is 0. The molecular formula is C11H17KO. The zero-order valence-electron chi connectivity index (χ0n) is 9.29. The number of benzene rings is 1. The van der Waals surface area contributed by atoms with Crippen molar-refractivity contribution in [1.82, 2.24) is 0 Å². The van der Waals surface area contributed by atoms with E-state index in [4.69, 9.17) is 0 Å². The molecule has 0 fully saturated rings. The minimum atomic E-state index is 0. The van der Waals surface area contributed by atoms with Crippen LogP contribution in [0.5, 0.6) is 5.75 Å². The summed E-state index contributed by atoms with van der Waals surface area (Å²) in [5, 5.41) is 11.1. The van der Waals surface area contributed by atoms with E-state index in [1.807, 2.05) is 39.8 Å². The van der Waals surface area contributed by atoms with E-state index in [0.29, 0.717) is 5.92 Å². The van der Waals surface area contributed by atoms with Gasteiger partial charge in [0.1, 0.15) is 0 Å². The topological polar surface area (TPSA) is 23.1 Å². The smallest absolute Gasteiger partial charge is 0.872 e. The van der Waals surface area contributed by atoms with E-state index in [0.717, 1.165) is 5.56 Å². The third-order valence-corrected chi connectivity index (χ3v) is 1.54. The van der Waals surface area contributed by atoms with E-state index in [-0.39, 0.29) is 57.1 Å². The van der Waals surface area contributed by atoms with E-state index in [1.54, 1.807) is 12.1 Å². The Balaban J connectivity index is 0. The first-order chi connectivity index (χ1) is 5.72. The van der Waals surface area contributed by atoms with Crippen molar-refractivity contribution in [2.24, 2.45) is 0 Å². The van der Waals surface area contributed by atoms with Gasteiger partial charge in [0, 0.05) is 0 Å². The van der Waals surface area contributed by atoms with Gasteiger partial charge in [-0.1, -0.05) is 57.5 Å². The van der Waals surface area contributed by atoms with Crippen molar-refractivity contribution in [3.8, 4) is 5.75 Å². The molecule has 0 aromatic heterocycles. The third kappa shape index (κ3) is 5.86. The Bertz CT molecular complexity index is 221. The van der Waals surface area contributed by atoms with Crippen molar-refractivity contribution >= 4 is 0 Å². The molecule has 0 bridgehead atoms. The summed E-state index contributed by atoms with van der Waals surface area (Å²) in [4.78, 5) is 0. The molecule has 1 rings (SSSR count). The average Bonchev–Trinajstić information content (AvgIpc) is 2.08. The van der Waals surface area contributed by atoms with Crippen LogP contribution in [-0.4, -0.2) is 0 Å². The Morgan fingerprint density at radius 3 is 1.85 bits per heavy atom. The molecular weight excluding hydrogens is 187 g/mol. The monoisotopic (exact) mass is 204 g/mol. The number of hydrogen-bond acceptors (Lipinski definition) is 1. The van der Waals surface area contributed by atoms with Crippen molar-refractivity contribution < 1.29 is 56.5 Å². The Morgan fingerprint density at radius 2 is 1.54 bits per heavy atom. The van der Waals surface area contributed by atoms with Crippen LogP contribution in [0, 0.1) is 0 Å². The summed E-state index contributed by atoms with van der Waals surface area (Å²) in [6.45, 7) is 8.05. The van der Waals surface area contributed by atoms with Crippen LogP contribution in [-0.2, 0) is 0 Å². The zero-order valence-corrected chi connectivity index (χ0v) is 12.4. The second-order valence-corrected chi connectivity index (χ2v) is 2.69. The van der Waals surface area contributed by atoms with Crippen molar-refractivity contribution in [3.05, 3.63) is 29.8 Å². The van der Waals surface area contributed by atoms with E-state index >= 15 is 0 Å². The summed E-state index contributed by atoms with van der Waals surface area (Å²) in [6, 6.07) is 7.16. The maximum absolute atomic E-state index is 11.1. The summed E-state index contributed by atoms with van der Waals surface area (Å²) in [5.41, 5.74) is 0.905. The van der Waals surface area contributed by atoms with E-state index in [2.05, 4.69) is 0 Å². The molecule has 0 saturated carbocycles. The molecule has 0 radical (unpaired) electrons. The summed E-state index contributed by atoms with van der Waals surface area (Å²) in [6.07, 6.45) is 0. The van der Waals surface area contributed by atoms with Gasteiger partial charge in [-0.25, -0.2) is 0 Å². The van der Waals surface area contributed by atoms with Crippen LogP contribution in [0.15, 0.2) is 24.3 Å². The fourth-order valence-electron chi connectivity index (χ4n) is 0.958. The van der Waals surface area contributed by atoms with Crippen LogP contribution >= 0.6 is 0 Å². The van der Waals surface area contributed by atoms with Crippen LogP contribution < -0.4 is 56.5 Å². The third-order valence-electron chi connectivity index (χ3n) is 1.54. The van der Waals surface area contributed by atoms with Crippen LogP contribution in [0.25, 0.3) is 0 Å². The first-order valence-electron chi connectivity index (χ1n) is 4.47. The number of rotatable bonds is 1. The van der Waals surface area contributed by atoms with Crippen molar-refractivity contribution in [2.45, 2.75) is 33.6 Å². The molecule has 0 saturated heterocycles. The van der Waals surface area contributed by atoms with Gasteiger partial charge < -0.3 is 5.11 Å². The van der Waals surface area contributed by atoms with Crippen LogP contribution in [0.4, 0.5) is 0 Å². The maximum Gasteiger partial charge on any atom is 1.00 e. The second-order valence-electron chi connectivity index (χ2n) is 2.69. The molecule has 0 aliphatic heterocycles. The summed E-state index contributed by atoms with van der Waals surface area (Å²) in [5.74, 6) is 0.492. The minimum Gasteiger partial charge on any atom is -0.872 e. The molecule has 1 aromatic rings. The molecule has 2 heteroatoms. The Kier molecular flexibility index (Phi) is 11.4. The fraction of sp³-hybridized carbons (Fsp3) is 0.455. The molecule has 0 aliphatic rings. The van der Waals surface area contributed by atoms with Gasteiger partial charge in [-0.15, -0.1) is 5.75 Å². The maximum atomic E-state index is 11.1. The van der Waals surface area contributed by atoms with Crippen molar-refractivity contribution in [1.29, 1.82) is 0 Å². The van der Waals surface area contributed by atoms with Gasteiger partial charge in [0.15, 0.2) is 0 Å². The van der Waals surface area contributed by atoms with Gasteiger partial charge in [-0.05, 0) is 5.92 Å². The molecule has 1 nitrogen and oxygen atoms in total. The fourth-order valence-corrected chi connectivity index (χ4v) is 0.958. The van der Waals surface area contributed by atoms with Gasteiger partial charge >= 0.3 is 51.4 Å². The van der Waals surface area contributed by atoms with Gasteiger partial charge in [-0.3, -0.25) is 0 Å². The largest absolute Gasteiger partial charge is 1.00 e. The first-order valence-corrected chi connectivity index (χ1v) is 4.47. The summed E-state index contributed by atoms with van der Waals surface area (Å²) in [7, 11) is 0. The van der Waals surface area contributed by atoms with Crippen LogP contribution in [0.1, 0.15) is 39.2 Å². The molecule has 0 spiro atoms. The quantitative estimate of drug-likeness (QED) is 0.587. The summed E-state index contributed by atoms with van der Waals surface area (Å²) >= 11 is 0. The Morgan fingerprint density at radius 1 is 1.08 bits per heavy atom. The van der Waals surface area contributed by atoms with Crippen molar-refractivity contribution in [2.75, 3.05) is 0 Å². The molecule has 1 aromatic carbocycles. The Labute approximate surface area is 124 Å². The standard InChI is InChI=1S/C9H12O.C2H6.K/c1-7(2)8-5-3-4-6-9(8)10;1-2;/h3-7,10H,1-2H3;1-2H3;/q;;+1/p-1. The number of para-hydroxylation sites is 1. The van der Waals surface area contributed by atoms with E-state index in [9.17, 15) is 5.11 Å². The Hall–Kier alpha value is 0.656. The number of hydrogen-bond donors (Lipinski definition) is 0. The van der Waals surface area contributed by atoms with Gasteiger partial charge in [0.25, 0.3) is 0 Å². The molecule has 68 valence electrons. The average molecular weight is 204 g/mol. The van der Waals surface area contributed by atoms with Gasteiger partial charge in [0.2, 0.25) is 0 Å². The molecule has 0 N–H and O–H groups in total. The second kappa shape index (κ2) is 9.22.